The topological polar surface area (TPSA) is 17.1 Å². The van der Waals surface area contributed by atoms with Crippen molar-refractivity contribution in [3.8, 4) is 11.1 Å². The SMILES string of the molecule is CCCCC(C)(C)C(=O)Cc1ccc(-c2ccccc2)cc1. The Morgan fingerprint density at radius 2 is 1.50 bits per heavy atom. The van der Waals surface area contributed by atoms with Crippen molar-refractivity contribution in [2.24, 2.45) is 5.41 Å². The van der Waals surface area contributed by atoms with Crippen LogP contribution in [0.3, 0.4) is 0 Å². The highest BCUT2D eigenvalue weighted by molar-refractivity contribution is 5.86. The molecule has 0 unspecified atom stereocenters. The van der Waals surface area contributed by atoms with Crippen molar-refractivity contribution in [1.29, 1.82) is 0 Å². The molecule has 22 heavy (non-hydrogen) atoms. The molecule has 0 amide bonds. The Kier molecular flexibility index (Phi) is 5.54. The second kappa shape index (κ2) is 7.40. The maximum atomic E-state index is 12.5. The summed E-state index contributed by atoms with van der Waals surface area (Å²) in [6.07, 6.45) is 3.77. The largest absolute Gasteiger partial charge is 0.299 e. The van der Waals surface area contributed by atoms with Crippen molar-refractivity contribution in [1.82, 2.24) is 0 Å². The Balaban J connectivity index is 2.04. The molecule has 0 aliphatic carbocycles. The quantitative estimate of drug-likeness (QED) is 0.642. The smallest absolute Gasteiger partial charge is 0.142 e. The molecule has 2 rings (SSSR count). The van der Waals surface area contributed by atoms with E-state index in [1.54, 1.807) is 0 Å². The molecule has 0 aromatic heterocycles. The van der Waals surface area contributed by atoms with Crippen LogP contribution in [0, 0.1) is 5.41 Å². The lowest BCUT2D eigenvalue weighted by molar-refractivity contribution is -0.126. The van der Waals surface area contributed by atoms with Gasteiger partial charge in [0, 0.05) is 11.8 Å². The number of ketones is 1. The highest BCUT2D eigenvalue weighted by Gasteiger charge is 2.26. The van der Waals surface area contributed by atoms with Crippen LogP contribution in [0.5, 0.6) is 0 Å². The number of Topliss-reactive ketones (excluding diaryl/α,β-unsaturated/α-hetero) is 1. The fraction of sp³-hybridized carbons (Fsp3) is 0.381. The van der Waals surface area contributed by atoms with Crippen LogP contribution in [0.2, 0.25) is 0 Å². The van der Waals surface area contributed by atoms with Crippen LogP contribution < -0.4 is 0 Å². The number of carbonyl (C=O) groups is 1. The van der Waals surface area contributed by atoms with Crippen LogP contribution >= 0.6 is 0 Å². The summed E-state index contributed by atoms with van der Waals surface area (Å²) in [6, 6.07) is 18.7. The molecular formula is C21H26O. The molecule has 0 radical (unpaired) electrons. The first-order chi connectivity index (χ1) is 10.5. The van der Waals surface area contributed by atoms with E-state index in [0.717, 1.165) is 24.8 Å². The molecule has 0 spiro atoms. The van der Waals surface area contributed by atoms with Crippen LogP contribution in [0.4, 0.5) is 0 Å². The van der Waals surface area contributed by atoms with Crippen molar-refractivity contribution in [3.05, 3.63) is 60.2 Å². The van der Waals surface area contributed by atoms with Gasteiger partial charge in [-0.15, -0.1) is 0 Å². The average molecular weight is 294 g/mol. The van der Waals surface area contributed by atoms with E-state index in [9.17, 15) is 4.79 Å². The van der Waals surface area contributed by atoms with E-state index in [-0.39, 0.29) is 5.41 Å². The highest BCUT2D eigenvalue weighted by atomic mass is 16.1. The summed E-state index contributed by atoms with van der Waals surface area (Å²) in [5, 5.41) is 0. The molecule has 0 aliphatic heterocycles. The predicted molar refractivity (Wildman–Crippen MR) is 93.9 cm³/mol. The lowest BCUT2D eigenvalue weighted by Gasteiger charge is -2.22. The Labute approximate surface area is 134 Å². The van der Waals surface area contributed by atoms with Gasteiger partial charge >= 0.3 is 0 Å². The van der Waals surface area contributed by atoms with Gasteiger partial charge in [-0.3, -0.25) is 4.79 Å². The summed E-state index contributed by atoms with van der Waals surface area (Å²) in [5.41, 5.74) is 3.30. The number of benzene rings is 2. The summed E-state index contributed by atoms with van der Waals surface area (Å²) in [5.74, 6) is 0.341. The Bertz CT molecular complexity index is 594. The highest BCUT2D eigenvalue weighted by Crippen LogP contribution is 2.27. The second-order valence-corrected chi connectivity index (χ2v) is 6.65. The minimum Gasteiger partial charge on any atom is -0.299 e. The zero-order valence-electron chi connectivity index (χ0n) is 13.9. The van der Waals surface area contributed by atoms with Gasteiger partial charge in [-0.05, 0) is 23.1 Å². The molecule has 1 nitrogen and oxygen atoms in total. The molecule has 1 heteroatoms. The zero-order chi connectivity index (χ0) is 16.0. The number of unbranched alkanes of at least 4 members (excludes halogenated alkanes) is 1. The van der Waals surface area contributed by atoms with Gasteiger partial charge in [0.15, 0.2) is 0 Å². The Morgan fingerprint density at radius 3 is 2.09 bits per heavy atom. The molecule has 0 fully saturated rings. The van der Waals surface area contributed by atoms with Crippen LogP contribution in [0.25, 0.3) is 11.1 Å². The van der Waals surface area contributed by atoms with Gasteiger partial charge in [0.05, 0.1) is 0 Å². The molecule has 0 N–H and O–H groups in total. The molecule has 2 aromatic carbocycles. The molecule has 0 saturated carbocycles. The van der Waals surface area contributed by atoms with Gasteiger partial charge in [0.25, 0.3) is 0 Å². The van der Waals surface area contributed by atoms with Crippen LogP contribution in [0.15, 0.2) is 54.6 Å². The summed E-state index contributed by atoms with van der Waals surface area (Å²) in [7, 11) is 0. The third-order valence-electron chi connectivity index (χ3n) is 4.34. The first-order valence-corrected chi connectivity index (χ1v) is 8.20. The summed E-state index contributed by atoms with van der Waals surface area (Å²) >= 11 is 0. The molecule has 0 aliphatic rings. The Hall–Kier alpha value is -1.89. The van der Waals surface area contributed by atoms with Crippen LogP contribution in [-0.4, -0.2) is 5.78 Å². The van der Waals surface area contributed by atoms with Gasteiger partial charge < -0.3 is 0 Å². The van der Waals surface area contributed by atoms with Crippen LogP contribution in [0.1, 0.15) is 45.6 Å². The fourth-order valence-electron chi connectivity index (χ4n) is 2.63. The molecule has 0 heterocycles. The predicted octanol–water partition coefficient (Wildman–Crippen LogP) is 5.68. The standard InChI is InChI=1S/C21H26O/c1-4-5-15-21(2,3)20(22)16-17-11-13-19(14-12-17)18-9-7-6-8-10-18/h6-14H,4-5,15-16H2,1-3H3. The fourth-order valence-corrected chi connectivity index (χ4v) is 2.63. The van der Waals surface area contributed by atoms with Gasteiger partial charge in [0.1, 0.15) is 5.78 Å². The first-order valence-electron chi connectivity index (χ1n) is 8.20. The van der Waals surface area contributed by atoms with E-state index >= 15 is 0 Å². The van der Waals surface area contributed by atoms with Crippen molar-refractivity contribution >= 4 is 5.78 Å². The molecule has 0 atom stereocenters. The van der Waals surface area contributed by atoms with Crippen LogP contribution in [-0.2, 0) is 11.2 Å². The third-order valence-corrected chi connectivity index (χ3v) is 4.34. The number of hydrogen-bond acceptors (Lipinski definition) is 1. The van der Waals surface area contributed by atoms with E-state index in [1.165, 1.54) is 11.1 Å². The zero-order valence-corrected chi connectivity index (χ0v) is 13.9. The van der Waals surface area contributed by atoms with Crippen molar-refractivity contribution in [2.45, 2.75) is 46.5 Å². The monoisotopic (exact) mass is 294 g/mol. The minimum absolute atomic E-state index is 0.214. The van der Waals surface area contributed by atoms with Gasteiger partial charge in [-0.1, -0.05) is 88.2 Å². The number of rotatable bonds is 7. The maximum Gasteiger partial charge on any atom is 0.142 e. The molecule has 0 saturated heterocycles. The van der Waals surface area contributed by atoms with E-state index in [4.69, 9.17) is 0 Å². The van der Waals surface area contributed by atoms with E-state index in [1.807, 2.05) is 18.2 Å². The van der Waals surface area contributed by atoms with Gasteiger partial charge in [-0.25, -0.2) is 0 Å². The minimum atomic E-state index is -0.214. The van der Waals surface area contributed by atoms with E-state index < -0.39 is 0 Å². The van der Waals surface area contributed by atoms with E-state index in [0.29, 0.717) is 12.2 Å². The Morgan fingerprint density at radius 1 is 0.909 bits per heavy atom. The van der Waals surface area contributed by atoms with E-state index in [2.05, 4.69) is 57.2 Å². The lowest BCUT2D eigenvalue weighted by atomic mass is 9.80. The molecular weight excluding hydrogens is 268 g/mol. The molecule has 0 bridgehead atoms. The van der Waals surface area contributed by atoms with Gasteiger partial charge in [-0.2, -0.15) is 0 Å². The number of hydrogen-bond donors (Lipinski definition) is 0. The number of carbonyl (C=O) groups excluding carboxylic acids is 1. The second-order valence-electron chi connectivity index (χ2n) is 6.65. The molecule has 116 valence electrons. The van der Waals surface area contributed by atoms with Crippen molar-refractivity contribution in [3.63, 3.8) is 0 Å². The lowest BCUT2D eigenvalue weighted by Crippen LogP contribution is -2.25. The van der Waals surface area contributed by atoms with Crippen molar-refractivity contribution in [2.75, 3.05) is 0 Å². The maximum absolute atomic E-state index is 12.5. The van der Waals surface area contributed by atoms with Crippen molar-refractivity contribution < 1.29 is 4.79 Å². The first kappa shape index (κ1) is 16.5. The third kappa shape index (κ3) is 4.30. The summed E-state index contributed by atoms with van der Waals surface area (Å²) < 4.78 is 0. The summed E-state index contributed by atoms with van der Waals surface area (Å²) in [6.45, 7) is 6.32. The summed E-state index contributed by atoms with van der Waals surface area (Å²) in [4.78, 5) is 12.5. The normalized spacial score (nSPS) is 11.4. The molecule has 2 aromatic rings. The average Bonchev–Trinajstić information content (AvgIpc) is 2.54. The van der Waals surface area contributed by atoms with Gasteiger partial charge in [0.2, 0.25) is 0 Å².